The third kappa shape index (κ3) is 2.47. The van der Waals surface area contributed by atoms with E-state index in [1.807, 2.05) is 16.8 Å². The van der Waals surface area contributed by atoms with Crippen molar-refractivity contribution < 1.29 is 9.18 Å². The summed E-state index contributed by atoms with van der Waals surface area (Å²) >= 11 is 1.52. The van der Waals surface area contributed by atoms with E-state index in [4.69, 9.17) is 0 Å². The fraction of sp³-hybridized carbons (Fsp3) is 0.500. The number of alkyl halides is 1. The van der Waals surface area contributed by atoms with Gasteiger partial charge in [0.15, 0.2) is 0 Å². The highest BCUT2D eigenvalue weighted by Gasteiger charge is 2.35. The number of nitrogens with one attached hydrogen (secondary N) is 1. The third-order valence-electron chi connectivity index (χ3n) is 2.48. The fourth-order valence-corrected chi connectivity index (χ4v) is 2.22. The molecule has 15 heavy (non-hydrogen) atoms. The van der Waals surface area contributed by atoms with Gasteiger partial charge >= 0.3 is 6.03 Å². The van der Waals surface area contributed by atoms with Crippen LogP contribution in [0.3, 0.4) is 0 Å². The summed E-state index contributed by atoms with van der Waals surface area (Å²) in [5.41, 5.74) is -0.455. The van der Waals surface area contributed by atoms with Crippen LogP contribution in [0.15, 0.2) is 16.8 Å². The van der Waals surface area contributed by atoms with Crippen LogP contribution in [0.1, 0.15) is 13.3 Å². The molecule has 0 bridgehead atoms. The van der Waals surface area contributed by atoms with Gasteiger partial charge in [0.05, 0.1) is 12.2 Å². The normalized spacial score (nSPS) is 25.6. The van der Waals surface area contributed by atoms with Crippen LogP contribution in [-0.2, 0) is 0 Å². The number of likely N-dealkylation sites (tertiary alicyclic amines) is 1. The second kappa shape index (κ2) is 3.81. The van der Waals surface area contributed by atoms with Gasteiger partial charge in [-0.2, -0.15) is 11.3 Å². The fourth-order valence-electron chi connectivity index (χ4n) is 1.64. The predicted octanol–water partition coefficient (Wildman–Crippen LogP) is 2.71. The van der Waals surface area contributed by atoms with Crippen molar-refractivity contribution in [3.05, 3.63) is 16.8 Å². The summed E-state index contributed by atoms with van der Waals surface area (Å²) in [6, 6.07) is 1.61. The van der Waals surface area contributed by atoms with Crippen LogP contribution in [0.4, 0.5) is 14.9 Å². The number of thiophene rings is 1. The molecular formula is C10H13FN2OS. The topological polar surface area (TPSA) is 32.3 Å². The first-order valence-electron chi connectivity index (χ1n) is 4.84. The Labute approximate surface area is 91.9 Å². The minimum Gasteiger partial charge on any atom is -0.321 e. The number of hydrogen-bond acceptors (Lipinski definition) is 2. The Bertz CT molecular complexity index is 350. The lowest BCUT2D eigenvalue weighted by atomic mass is 10.1. The van der Waals surface area contributed by atoms with Gasteiger partial charge in [-0.15, -0.1) is 0 Å². The monoisotopic (exact) mass is 228 g/mol. The first-order valence-corrected chi connectivity index (χ1v) is 5.78. The number of rotatable bonds is 1. The lowest BCUT2D eigenvalue weighted by molar-refractivity contribution is 0.186. The molecule has 82 valence electrons. The number of amides is 2. The maximum atomic E-state index is 13.5. The summed E-state index contributed by atoms with van der Waals surface area (Å²) in [4.78, 5) is 13.2. The molecule has 5 heteroatoms. The Morgan fingerprint density at radius 2 is 2.53 bits per heavy atom. The average molecular weight is 228 g/mol. The predicted molar refractivity (Wildman–Crippen MR) is 59.0 cm³/mol. The highest BCUT2D eigenvalue weighted by molar-refractivity contribution is 7.08. The Hall–Kier alpha value is -1.10. The van der Waals surface area contributed by atoms with E-state index in [1.54, 1.807) is 0 Å². The second-order valence-electron chi connectivity index (χ2n) is 4.03. The van der Waals surface area contributed by atoms with E-state index in [0.29, 0.717) is 13.0 Å². The van der Waals surface area contributed by atoms with Gasteiger partial charge in [0.2, 0.25) is 0 Å². The molecule has 0 radical (unpaired) electrons. The zero-order valence-electron chi connectivity index (χ0n) is 8.50. The molecule has 3 nitrogen and oxygen atoms in total. The summed E-state index contributed by atoms with van der Waals surface area (Å²) < 4.78 is 13.5. The van der Waals surface area contributed by atoms with Crippen LogP contribution in [0.2, 0.25) is 0 Å². The molecule has 1 aliphatic heterocycles. The number of halogens is 1. The van der Waals surface area contributed by atoms with E-state index in [0.717, 1.165) is 5.69 Å². The lowest BCUT2D eigenvalue weighted by Gasteiger charge is -2.17. The number of anilines is 1. The van der Waals surface area contributed by atoms with Crippen LogP contribution >= 0.6 is 11.3 Å². The van der Waals surface area contributed by atoms with Gasteiger partial charge in [-0.25, -0.2) is 9.18 Å². The van der Waals surface area contributed by atoms with Crippen molar-refractivity contribution in [2.75, 3.05) is 18.4 Å². The van der Waals surface area contributed by atoms with E-state index in [-0.39, 0.29) is 12.6 Å². The zero-order chi connectivity index (χ0) is 10.9. The Morgan fingerprint density at radius 3 is 3.07 bits per heavy atom. The smallest absolute Gasteiger partial charge is 0.321 e. The summed E-state index contributed by atoms with van der Waals surface area (Å²) in [7, 11) is 0. The molecule has 0 aromatic carbocycles. The number of nitrogens with zero attached hydrogens (tertiary/aromatic N) is 1. The molecule has 0 saturated carbocycles. The average Bonchev–Trinajstić information content (AvgIpc) is 2.74. The SMILES string of the molecule is C[C@@]1(F)CCN(C(=O)Nc2ccsc2)C1. The molecule has 1 aromatic heterocycles. The maximum absolute atomic E-state index is 13.5. The number of hydrogen-bond donors (Lipinski definition) is 1. The molecule has 0 unspecified atom stereocenters. The van der Waals surface area contributed by atoms with E-state index < -0.39 is 5.67 Å². The van der Waals surface area contributed by atoms with Crippen LogP contribution in [0, 0.1) is 0 Å². The van der Waals surface area contributed by atoms with E-state index in [1.165, 1.54) is 23.2 Å². The third-order valence-corrected chi connectivity index (χ3v) is 3.17. The van der Waals surface area contributed by atoms with Gasteiger partial charge < -0.3 is 10.2 Å². The van der Waals surface area contributed by atoms with Gasteiger partial charge in [0, 0.05) is 18.3 Å². The Morgan fingerprint density at radius 1 is 1.73 bits per heavy atom. The molecule has 1 N–H and O–H groups in total. The highest BCUT2D eigenvalue weighted by atomic mass is 32.1. The molecule has 0 aliphatic carbocycles. The van der Waals surface area contributed by atoms with E-state index in [9.17, 15) is 9.18 Å². The van der Waals surface area contributed by atoms with Gasteiger partial charge in [0.1, 0.15) is 5.67 Å². The number of carbonyl (C=O) groups is 1. The number of carbonyl (C=O) groups excluding carboxylic acids is 1. The summed E-state index contributed by atoms with van der Waals surface area (Å²) in [6.07, 6.45) is 0.421. The maximum Gasteiger partial charge on any atom is 0.321 e. The largest absolute Gasteiger partial charge is 0.321 e. The van der Waals surface area contributed by atoms with Crippen molar-refractivity contribution in [1.82, 2.24) is 4.90 Å². The second-order valence-corrected chi connectivity index (χ2v) is 4.81. The van der Waals surface area contributed by atoms with Crippen molar-refractivity contribution in [1.29, 1.82) is 0 Å². The number of urea groups is 1. The van der Waals surface area contributed by atoms with Crippen molar-refractivity contribution in [2.45, 2.75) is 19.0 Å². The van der Waals surface area contributed by atoms with Gasteiger partial charge in [0.25, 0.3) is 0 Å². The van der Waals surface area contributed by atoms with Gasteiger partial charge in [-0.1, -0.05) is 0 Å². The van der Waals surface area contributed by atoms with Crippen LogP contribution in [-0.4, -0.2) is 29.7 Å². The minimum absolute atomic E-state index is 0.184. The molecule has 1 aliphatic rings. The van der Waals surface area contributed by atoms with Gasteiger partial charge in [-0.05, 0) is 18.4 Å². The quantitative estimate of drug-likeness (QED) is 0.787. The zero-order valence-corrected chi connectivity index (χ0v) is 9.31. The summed E-state index contributed by atoms with van der Waals surface area (Å²) in [5, 5.41) is 6.47. The van der Waals surface area contributed by atoms with Crippen LogP contribution < -0.4 is 5.32 Å². The van der Waals surface area contributed by atoms with Crippen molar-refractivity contribution >= 4 is 23.1 Å². The van der Waals surface area contributed by atoms with Crippen molar-refractivity contribution in [3.8, 4) is 0 Å². The molecule has 1 atom stereocenters. The molecule has 2 rings (SSSR count). The molecular weight excluding hydrogens is 215 g/mol. The molecule has 1 aromatic rings. The first-order chi connectivity index (χ1) is 7.07. The van der Waals surface area contributed by atoms with Gasteiger partial charge in [-0.3, -0.25) is 0 Å². The van der Waals surface area contributed by atoms with Crippen molar-refractivity contribution in [3.63, 3.8) is 0 Å². The van der Waals surface area contributed by atoms with E-state index in [2.05, 4.69) is 5.32 Å². The molecule has 1 fully saturated rings. The molecule has 2 amide bonds. The van der Waals surface area contributed by atoms with Crippen molar-refractivity contribution in [2.24, 2.45) is 0 Å². The molecule has 2 heterocycles. The molecule has 0 spiro atoms. The standard InChI is InChI=1S/C10H13FN2OS/c1-10(11)3-4-13(7-10)9(14)12-8-2-5-15-6-8/h2,5-6H,3-4,7H2,1H3,(H,12,14)/t10-/m1/s1. The summed E-state index contributed by atoms with van der Waals surface area (Å²) in [5.74, 6) is 0. The lowest BCUT2D eigenvalue weighted by Crippen LogP contribution is -2.35. The first kappa shape index (κ1) is 10.4. The highest BCUT2D eigenvalue weighted by Crippen LogP contribution is 2.25. The Kier molecular flexibility index (Phi) is 2.65. The van der Waals surface area contributed by atoms with Crippen LogP contribution in [0.25, 0.3) is 0 Å². The van der Waals surface area contributed by atoms with Crippen LogP contribution in [0.5, 0.6) is 0 Å². The molecule has 1 saturated heterocycles. The summed E-state index contributed by atoms with van der Waals surface area (Å²) in [6.45, 7) is 2.21. The van der Waals surface area contributed by atoms with E-state index >= 15 is 0 Å². The minimum atomic E-state index is -1.23. The Balaban J connectivity index is 1.93.